The van der Waals surface area contributed by atoms with Gasteiger partial charge in [0.15, 0.2) is 0 Å². The summed E-state index contributed by atoms with van der Waals surface area (Å²) in [5.74, 6) is 0.596. The molecule has 0 atom stereocenters. The zero-order valence-corrected chi connectivity index (χ0v) is 9.75. The third kappa shape index (κ3) is 3.64. The lowest BCUT2D eigenvalue weighted by Gasteiger charge is -1.99. The van der Waals surface area contributed by atoms with Gasteiger partial charge in [0.25, 0.3) is 0 Å². The summed E-state index contributed by atoms with van der Waals surface area (Å²) in [5, 5.41) is 10.8. The number of nitrogens with one attached hydrogen (secondary N) is 1. The molecule has 2 aromatic rings. The Bertz CT molecular complexity index is 397. The summed E-state index contributed by atoms with van der Waals surface area (Å²) in [7, 11) is 1.83. The normalized spacial score (nSPS) is 9.19. The average Bonchev–Trinajstić information content (AvgIpc) is 2.77. The third-order valence-corrected chi connectivity index (χ3v) is 1.64. The first-order valence-electron chi connectivity index (χ1n) is 5.21. The van der Waals surface area contributed by atoms with Crippen LogP contribution in [0.1, 0.15) is 19.5 Å². The topological polar surface area (TPSA) is 68.5 Å². The predicted molar refractivity (Wildman–Crippen MR) is 61.7 cm³/mol. The maximum absolute atomic E-state index is 4.02. The van der Waals surface area contributed by atoms with Crippen LogP contribution in [0.15, 0.2) is 24.7 Å². The Labute approximate surface area is 94.7 Å². The molecule has 2 heterocycles. The minimum atomic E-state index is 0.581. The fraction of sp³-hybridized carbons (Fsp3) is 0.400. The van der Waals surface area contributed by atoms with Gasteiger partial charge in [0.2, 0.25) is 5.95 Å². The van der Waals surface area contributed by atoms with E-state index in [1.807, 2.05) is 27.1 Å². The monoisotopic (exact) mass is 220 g/mol. The molecule has 0 radical (unpaired) electrons. The summed E-state index contributed by atoms with van der Waals surface area (Å²) in [6.45, 7) is 4.58. The van der Waals surface area contributed by atoms with E-state index in [0.29, 0.717) is 12.5 Å². The van der Waals surface area contributed by atoms with Crippen molar-refractivity contribution in [2.45, 2.75) is 20.4 Å². The van der Waals surface area contributed by atoms with Crippen molar-refractivity contribution in [1.82, 2.24) is 25.0 Å². The molecule has 0 spiro atoms. The first-order chi connectivity index (χ1) is 7.84. The van der Waals surface area contributed by atoms with E-state index in [1.54, 1.807) is 23.1 Å². The molecular formula is C10H16N6. The molecule has 0 aliphatic heterocycles. The van der Waals surface area contributed by atoms with Crippen LogP contribution in [0.2, 0.25) is 0 Å². The molecule has 0 saturated heterocycles. The van der Waals surface area contributed by atoms with E-state index in [-0.39, 0.29) is 0 Å². The molecule has 0 amide bonds. The molecule has 6 nitrogen and oxygen atoms in total. The highest BCUT2D eigenvalue weighted by Gasteiger charge is 1.98. The van der Waals surface area contributed by atoms with Crippen molar-refractivity contribution >= 4 is 5.95 Å². The standard InChI is InChI=1S/C8H10N6.C2H6/c1-14-6-7(12-13-14)5-11-8-9-3-2-4-10-8;1-2/h2-4,6H,5H2,1H3,(H,9,10,11);1-2H3. The lowest BCUT2D eigenvalue weighted by molar-refractivity contribution is 0.713. The van der Waals surface area contributed by atoms with Crippen molar-refractivity contribution in [1.29, 1.82) is 0 Å². The lowest BCUT2D eigenvalue weighted by atomic mass is 10.5. The van der Waals surface area contributed by atoms with Gasteiger partial charge in [0.1, 0.15) is 5.69 Å². The van der Waals surface area contributed by atoms with E-state index in [2.05, 4.69) is 25.6 Å². The Hall–Kier alpha value is -1.98. The van der Waals surface area contributed by atoms with Crippen molar-refractivity contribution in [3.63, 3.8) is 0 Å². The van der Waals surface area contributed by atoms with Crippen molar-refractivity contribution in [2.75, 3.05) is 5.32 Å². The molecule has 16 heavy (non-hydrogen) atoms. The van der Waals surface area contributed by atoms with Crippen LogP contribution in [-0.2, 0) is 13.6 Å². The highest BCUT2D eigenvalue weighted by atomic mass is 15.4. The Morgan fingerprint density at radius 1 is 1.25 bits per heavy atom. The second kappa shape index (κ2) is 6.49. The first kappa shape index (κ1) is 12.1. The number of aryl methyl sites for hydroxylation is 1. The van der Waals surface area contributed by atoms with Crippen LogP contribution in [0.3, 0.4) is 0 Å². The fourth-order valence-electron chi connectivity index (χ4n) is 1.04. The van der Waals surface area contributed by atoms with Gasteiger partial charge in [-0.25, -0.2) is 9.97 Å². The molecular weight excluding hydrogens is 204 g/mol. The quantitative estimate of drug-likeness (QED) is 0.843. The zero-order chi connectivity index (χ0) is 11.8. The lowest BCUT2D eigenvalue weighted by Crippen LogP contribution is -2.02. The molecule has 0 aliphatic carbocycles. The van der Waals surface area contributed by atoms with Gasteiger partial charge in [-0.2, -0.15) is 0 Å². The minimum absolute atomic E-state index is 0.581. The second-order valence-electron chi connectivity index (χ2n) is 2.81. The number of rotatable bonds is 3. The first-order valence-corrected chi connectivity index (χ1v) is 5.21. The van der Waals surface area contributed by atoms with Gasteiger partial charge < -0.3 is 5.32 Å². The van der Waals surface area contributed by atoms with Crippen LogP contribution < -0.4 is 5.32 Å². The molecule has 2 rings (SSSR count). The number of nitrogens with zero attached hydrogens (tertiary/aromatic N) is 5. The minimum Gasteiger partial charge on any atom is -0.348 e. The van der Waals surface area contributed by atoms with Crippen LogP contribution in [0, 0.1) is 0 Å². The average molecular weight is 220 g/mol. The van der Waals surface area contributed by atoms with Crippen molar-refractivity contribution in [3.05, 3.63) is 30.4 Å². The van der Waals surface area contributed by atoms with Crippen LogP contribution in [-0.4, -0.2) is 25.0 Å². The molecule has 0 bridgehead atoms. The van der Waals surface area contributed by atoms with Crippen LogP contribution in [0.4, 0.5) is 5.95 Å². The van der Waals surface area contributed by atoms with Crippen LogP contribution in [0.5, 0.6) is 0 Å². The Morgan fingerprint density at radius 3 is 2.50 bits per heavy atom. The van der Waals surface area contributed by atoms with E-state index in [0.717, 1.165) is 5.69 Å². The number of anilines is 1. The second-order valence-corrected chi connectivity index (χ2v) is 2.81. The van der Waals surface area contributed by atoms with Crippen molar-refractivity contribution < 1.29 is 0 Å². The largest absolute Gasteiger partial charge is 0.348 e. The number of hydrogen-bond acceptors (Lipinski definition) is 5. The van der Waals surface area contributed by atoms with Gasteiger partial charge in [0.05, 0.1) is 6.54 Å². The third-order valence-electron chi connectivity index (χ3n) is 1.64. The Balaban J connectivity index is 0.000000606. The predicted octanol–water partition coefficient (Wildman–Crippen LogP) is 1.24. The maximum Gasteiger partial charge on any atom is 0.222 e. The molecule has 0 aromatic carbocycles. The molecule has 0 saturated carbocycles. The Morgan fingerprint density at radius 2 is 1.94 bits per heavy atom. The van der Waals surface area contributed by atoms with E-state index in [4.69, 9.17) is 0 Å². The highest BCUT2D eigenvalue weighted by molar-refractivity contribution is 5.22. The van der Waals surface area contributed by atoms with Gasteiger partial charge >= 0.3 is 0 Å². The molecule has 0 aliphatic rings. The van der Waals surface area contributed by atoms with Gasteiger partial charge in [-0.15, -0.1) is 5.10 Å². The number of hydrogen-bond donors (Lipinski definition) is 1. The SMILES string of the molecule is CC.Cn1cc(CNc2ncccn2)nn1. The summed E-state index contributed by atoms with van der Waals surface area (Å²) in [5.41, 5.74) is 0.861. The van der Waals surface area contributed by atoms with Gasteiger partial charge in [-0.05, 0) is 6.07 Å². The van der Waals surface area contributed by atoms with Crippen molar-refractivity contribution in [3.8, 4) is 0 Å². The van der Waals surface area contributed by atoms with E-state index in [1.165, 1.54) is 0 Å². The van der Waals surface area contributed by atoms with Gasteiger partial charge in [-0.3, -0.25) is 4.68 Å². The molecule has 1 N–H and O–H groups in total. The summed E-state index contributed by atoms with van der Waals surface area (Å²) in [4.78, 5) is 8.05. The summed E-state index contributed by atoms with van der Waals surface area (Å²) in [6, 6.07) is 1.77. The molecule has 2 aromatic heterocycles. The molecule has 86 valence electrons. The van der Waals surface area contributed by atoms with Crippen LogP contribution in [0.25, 0.3) is 0 Å². The van der Waals surface area contributed by atoms with E-state index in [9.17, 15) is 0 Å². The molecule has 0 unspecified atom stereocenters. The van der Waals surface area contributed by atoms with Gasteiger partial charge in [-0.1, -0.05) is 19.1 Å². The molecule has 6 heteroatoms. The number of aromatic nitrogens is 5. The van der Waals surface area contributed by atoms with Crippen molar-refractivity contribution in [2.24, 2.45) is 7.05 Å². The van der Waals surface area contributed by atoms with E-state index < -0.39 is 0 Å². The summed E-state index contributed by atoms with van der Waals surface area (Å²) in [6.07, 6.45) is 5.22. The van der Waals surface area contributed by atoms with E-state index >= 15 is 0 Å². The molecule has 0 fully saturated rings. The van der Waals surface area contributed by atoms with Gasteiger partial charge in [0, 0.05) is 25.6 Å². The smallest absolute Gasteiger partial charge is 0.222 e. The maximum atomic E-state index is 4.02. The summed E-state index contributed by atoms with van der Waals surface area (Å²) < 4.78 is 1.66. The Kier molecular flexibility index (Phi) is 4.91. The fourth-order valence-corrected chi connectivity index (χ4v) is 1.04. The zero-order valence-electron chi connectivity index (χ0n) is 9.75. The summed E-state index contributed by atoms with van der Waals surface area (Å²) >= 11 is 0. The van der Waals surface area contributed by atoms with Crippen LogP contribution >= 0.6 is 0 Å². The highest BCUT2D eigenvalue weighted by Crippen LogP contribution is 1.98.